The van der Waals surface area contributed by atoms with Crippen molar-refractivity contribution in [1.29, 1.82) is 0 Å². The molecule has 1 amide bonds. The normalized spacial score (nSPS) is 12.2. The predicted octanol–water partition coefficient (Wildman–Crippen LogP) is 5.86. The lowest BCUT2D eigenvalue weighted by Crippen LogP contribution is -2.37. The van der Waals surface area contributed by atoms with E-state index in [4.69, 9.17) is 21.3 Å². The van der Waals surface area contributed by atoms with Gasteiger partial charge in [-0.3, -0.25) is 9.59 Å². The lowest BCUT2D eigenvalue weighted by molar-refractivity contribution is -0.121. The van der Waals surface area contributed by atoms with E-state index >= 15 is 0 Å². The van der Waals surface area contributed by atoms with Crippen molar-refractivity contribution < 1.29 is 14.3 Å². The van der Waals surface area contributed by atoms with Crippen LogP contribution in [0, 0.1) is 12.8 Å². The number of Topliss-reactive ketones (excluding diaryl/α,β-unsaturated/α-hetero) is 1. The number of nitrogens with zero attached hydrogens (tertiary/aromatic N) is 3. The molecule has 210 valence electrons. The van der Waals surface area contributed by atoms with Gasteiger partial charge in [0.1, 0.15) is 11.4 Å². The van der Waals surface area contributed by atoms with Crippen LogP contribution in [0.3, 0.4) is 0 Å². The van der Waals surface area contributed by atoms with Crippen molar-refractivity contribution >= 4 is 28.9 Å². The second-order valence-corrected chi connectivity index (χ2v) is 11.2. The number of hydrogen-bond acceptors (Lipinski definition) is 5. The van der Waals surface area contributed by atoms with E-state index in [1.165, 1.54) is 0 Å². The van der Waals surface area contributed by atoms with Gasteiger partial charge in [0.25, 0.3) is 0 Å². The van der Waals surface area contributed by atoms with E-state index in [0.717, 1.165) is 28.0 Å². The molecule has 1 atom stereocenters. The smallest absolute Gasteiger partial charge is 0.234 e. The Morgan fingerprint density at radius 3 is 2.50 bits per heavy atom. The first kappa shape index (κ1) is 29.3. The number of ether oxygens (including phenoxy) is 1. The van der Waals surface area contributed by atoms with Gasteiger partial charge in [-0.15, -0.1) is 0 Å². The van der Waals surface area contributed by atoms with E-state index < -0.39 is 0 Å². The second kappa shape index (κ2) is 13.1. The third-order valence-electron chi connectivity index (χ3n) is 6.59. The van der Waals surface area contributed by atoms with Crippen molar-refractivity contribution in [3.63, 3.8) is 0 Å². The van der Waals surface area contributed by atoms with Crippen molar-refractivity contribution in [1.82, 2.24) is 19.6 Å². The lowest BCUT2D eigenvalue weighted by atomic mass is 9.91. The van der Waals surface area contributed by atoms with E-state index in [9.17, 15) is 9.59 Å². The average Bonchev–Trinajstić information content (AvgIpc) is 3.34. The van der Waals surface area contributed by atoms with E-state index in [2.05, 4.69) is 42.6 Å². The van der Waals surface area contributed by atoms with Gasteiger partial charge in [0.2, 0.25) is 5.91 Å². The number of carbonyl (C=O) groups is 2. The standard InChI is InChI=1S/C32H37ClN4O3/c1-21(2)40-30-13-12-26(17-27(30)33)29(38)16-24(18-34-31(39)20-36(4)5)15-23-8-10-25(11-9-23)28-19-37-14-6-7-22(3)32(37)35-28/h6-14,17,19,21,24H,15-16,18,20H2,1-5H3,(H,34,39)/t24-/m1/s1. The predicted molar refractivity (Wildman–Crippen MR) is 160 cm³/mol. The summed E-state index contributed by atoms with van der Waals surface area (Å²) in [6, 6.07) is 17.5. The van der Waals surface area contributed by atoms with Crippen LogP contribution in [0.4, 0.5) is 0 Å². The van der Waals surface area contributed by atoms with Crippen LogP contribution in [0.15, 0.2) is 67.0 Å². The number of pyridine rings is 1. The van der Waals surface area contributed by atoms with Crippen LogP contribution in [0.1, 0.15) is 41.8 Å². The second-order valence-electron chi connectivity index (χ2n) is 10.8. The van der Waals surface area contributed by atoms with E-state index in [0.29, 0.717) is 35.8 Å². The molecule has 4 aromatic rings. The molecule has 4 rings (SSSR count). The van der Waals surface area contributed by atoms with Crippen LogP contribution in [0.5, 0.6) is 5.75 Å². The zero-order valence-electron chi connectivity index (χ0n) is 23.8. The molecular formula is C32H37ClN4O3. The van der Waals surface area contributed by atoms with Gasteiger partial charge < -0.3 is 19.4 Å². The minimum atomic E-state index is -0.0901. The number of aryl methyl sites for hydroxylation is 1. The van der Waals surface area contributed by atoms with Gasteiger partial charge in [0, 0.05) is 36.5 Å². The Labute approximate surface area is 241 Å². The highest BCUT2D eigenvalue weighted by Gasteiger charge is 2.19. The van der Waals surface area contributed by atoms with Crippen LogP contribution < -0.4 is 10.1 Å². The number of benzene rings is 2. The molecular weight excluding hydrogens is 524 g/mol. The van der Waals surface area contributed by atoms with Crippen molar-refractivity contribution in [3.05, 3.63) is 88.7 Å². The molecule has 7 nitrogen and oxygen atoms in total. The fourth-order valence-electron chi connectivity index (χ4n) is 4.66. The number of likely N-dealkylation sites (N-methyl/N-ethyl adjacent to an activating group) is 1. The Morgan fingerprint density at radius 1 is 1.10 bits per heavy atom. The van der Waals surface area contributed by atoms with Crippen LogP contribution in [0.25, 0.3) is 16.9 Å². The van der Waals surface area contributed by atoms with Gasteiger partial charge >= 0.3 is 0 Å². The maximum Gasteiger partial charge on any atom is 0.234 e. The van der Waals surface area contributed by atoms with Gasteiger partial charge in [-0.25, -0.2) is 4.98 Å². The number of fused-ring (bicyclic) bond motifs is 1. The quantitative estimate of drug-likeness (QED) is 0.220. The Hall–Kier alpha value is -3.68. The lowest BCUT2D eigenvalue weighted by Gasteiger charge is -2.19. The summed E-state index contributed by atoms with van der Waals surface area (Å²) in [6.07, 6.45) is 4.92. The summed E-state index contributed by atoms with van der Waals surface area (Å²) in [5, 5.41) is 3.41. The first-order valence-electron chi connectivity index (χ1n) is 13.5. The zero-order valence-corrected chi connectivity index (χ0v) is 24.5. The highest BCUT2D eigenvalue weighted by Crippen LogP contribution is 2.28. The highest BCUT2D eigenvalue weighted by molar-refractivity contribution is 6.32. The van der Waals surface area contributed by atoms with E-state index in [1.54, 1.807) is 18.2 Å². The minimum Gasteiger partial charge on any atom is -0.489 e. The number of rotatable bonds is 12. The molecule has 0 aliphatic carbocycles. The number of imidazole rings is 1. The summed E-state index contributed by atoms with van der Waals surface area (Å²) in [4.78, 5) is 32.2. The van der Waals surface area contributed by atoms with Gasteiger partial charge in [0.15, 0.2) is 5.78 Å². The summed E-state index contributed by atoms with van der Waals surface area (Å²) in [5.41, 5.74) is 5.61. The molecule has 0 unspecified atom stereocenters. The Morgan fingerprint density at radius 2 is 1.85 bits per heavy atom. The maximum atomic E-state index is 13.3. The Balaban J connectivity index is 1.49. The molecule has 1 N–H and O–H groups in total. The van der Waals surface area contributed by atoms with E-state index in [-0.39, 0.29) is 30.1 Å². The SMILES string of the molecule is Cc1cccn2cc(-c3ccc(C[C@@H](CNC(=O)CN(C)C)CC(=O)c4ccc(OC(C)C)c(Cl)c4)cc3)nc12. The topological polar surface area (TPSA) is 75.9 Å². The zero-order chi connectivity index (χ0) is 28.8. The molecule has 2 aromatic heterocycles. The molecule has 0 aliphatic heterocycles. The highest BCUT2D eigenvalue weighted by atomic mass is 35.5. The number of hydrogen-bond donors (Lipinski definition) is 1. The molecule has 2 heterocycles. The van der Waals surface area contributed by atoms with Gasteiger partial charge in [-0.05, 0) is 82.6 Å². The van der Waals surface area contributed by atoms with Crippen LogP contribution >= 0.6 is 11.6 Å². The molecule has 8 heteroatoms. The molecule has 40 heavy (non-hydrogen) atoms. The number of nitrogens with one attached hydrogen (secondary N) is 1. The third kappa shape index (κ3) is 7.71. The first-order valence-corrected chi connectivity index (χ1v) is 13.9. The summed E-state index contributed by atoms with van der Waals surface area (Å²) >= 11 is 6.39. The van der Waals surface area contributed by atoms with Crippen LogP contribution in [-0.4, -0.2) is 59.3 Å². The molecule has 0 fully saturated rings. The van der Waals surface area contributed by atoms with Crippen molar-refractivity contribution in [2.75, 3.05) is 27.2 Å². The van der Waals surface area contributed by atoms with Crippen molar-refractivity contribution in [2.24, 2.45) is 5.92 Å². The average molecular weight is 561 g/mol. The minimum absolute atomic E-state index is 0.0163. The monoisotopic (exact) mass is 560 g/mol. The Kier molecular flexibility index (Phi) is 9.61. The largest absolute Gasteiger partial charge is 0.489 e. The number of aromatic nitrogens is 2. The number of carbonyl (C=O) groups excluding carboxylic acids is 2. The van der Waals surface area contributed by atoms with E-state index in [1.807, 2.05) is 55.7 Å². The maximum absolute atomic E-state index is 13.3. The van der Waals surface area contributed by atoms with Crippen molar-refractivity contribution in [3.8, 4) is 17.0 Å². The molecule has 0 aliphatic rings. The molecule has 2 aromatic carbocycles. The van der Waals surface area contributed by atoms with Gasteiger partial charge in [0.05, 0.1) is 23.4 Å². The van der Waals surface area contributed by atoms with Gasteiger partial charge in [-0.2, -0.15) is 0 Å². The number of halogens is 1. The summed E-state index contributed by atoms with van der Waals surface area (Å²) < 4.78 is 7.73. The fourth-order valence-corrected chi connectivity index (χ4v) is 4.88. The van der Waals surface area contributed by atoms with Crippen LogP contribution in [-0.2, 0) is 11.2 Å². The van der Waals surface area contributed by atoms with Gasteiger partial charge in [-0.1, -0.05) is 41.9 Å². The third-order valence-corrected chi connectivity index (χ3v) is 6.89. The summed E-state index contributed by atoms with van der Waals surface area (Å²) in [5.74, 6) is 0.369. The molecule has 0 saturated heterocycles. The van der Waals surface area contributed by atoms with Crippen LogP contribution in [0.2, 0.25) is 5.02 Å². The first-order chi connectivity index (χ1) is 19.1. The molecule has 0 spiro atoms. The number of amides is 1. The molecule has 0 radical (unpaired) electrons. The van der Waals surface area contributed by atoms with Crippen molar-refractivity contribution in [2.45, 2.75) is 39.7 Å². The number of ketones is 1. The molecule has 0 saturated carbocycles. The summed E-state index contributed by atoms with van der Waals surface area (Å²) in [6.45, 7) is 6.59. The molecule has 0 bridgehead atoms. The summed E-state index contributed by atoms with van der Waals surface area (Å²) in [7, 11) is 3.70. The fraction of sp³-hybridized carbons (Fsp3) is 0.344. The Bertz CT molecular complexity index is 1480.